The van der Waals surface area contributed by atoms with Crippen molar-refractivity contribution in [2.24, 2.45) is 11.7 Å². The van der Waals surface area contributed by atoms with Gasteiger partial charge in [-0.25, -0.2) is 4.79 Å². The van der Waals surface area contributed by atoms with Crippen LogP contribution >= 0.6 is 0 Å². The molecule has 2 aliphatic heterocycles. The van der Waals surface area contributed by atoms with E-state index in [1.54, 1.807) is 11.0 Å². The fourth-order valence-corrected chi connectivity index (χ4v) is 5.73. The van der Waals surface area contributed by atoms with Gasteiger partial charge in [0.2, 0.25) is 5.91 Å². The van der Waals surface area contributed by atoms with Gasteiger partial charge in [0.05, 0.1) is 23.2 Å². The van der Waals surface area contributed by atoms with Crippen LogP contribution in [0.2, 0.25) is 0 Å². The fourth-order valence-electron chi connectivity index (χ4n) is 5.73. The zero-order chi connectivity index (χ0) is 27.7. The van der Waals surface area contributed by atoms with Crippen molar-refractivity contribution >= 4 is 28.8 Å². The number of carbonyl (C=O) groups is 3. The Morgan fingerprint density at radius 1 is 0.923 bits per heavy atom. The summed E-state index contributed by atoms with van der Waals surface area (Å²) in [5.41, 5.74) is 8.09. The smallest absolute Gasteiger partial charge is 0.410 e. The number of nitrogens with two attached hydrogens (primary N) is 1. The van der Waals surface area contributed by atoms with Crippen LogP contribution < -0.4 is 5.73 Å². The molecule has 1 unspecified atom stereocenters. The summed E-state index contributed by atoms with van der Waals surface area (Å²) in [7, 11) is 0. The maximum absolute atomic E-state index is 13.5. The number of primary amides is 1. The summed E-state index contributed by atoms with van der Waals surface area (Å²) >= 11 is 0. The zero-order valence-electron chi connectivity index (χ0n) is 22.9. The molecule has 2 fully saturated rings. The molecule has 0 spiro atoms. The van der Waals surface area contributed by atoms with E-state index in [0.29, 0.717) is 37.3 Å². The number of hydrogen-bond acceptors (Lipinski definition) is 5. The van der Waals surface area contributed by atoms with E-state index in [2.05, 4.69) is 0 Å². The number of benzene rings is 2. The molecule has 0 saturated carbocycles. The normalized spacial score (nSPS) is 18.8. The number of likely N-dealkylation sites (tertiary alicyclic amines) is 2. The van der Waals surface area contributed by atoms with Crippen molar-refractivity contribution in [1.29, 1.82) is 0 Å². The Morgan fingerprint density at radius 2 is 1.64 bits per heavy atom. The van der Waals surface area contributed by atoms with E-state index in [4.69, 9.17) is 15.6 Å². The predicted octanol–water partition coefficient (Wildman–Crippen LogP) is 4.61. The second kappa shape index (κ2) is 10.7. The minimum absolute atomic E-state index is 0.0713. The van der Waals surface area contributed by atoms with Gasteiger partial charge in [0.15, 0.2) is 0 Å². The lowest BCUT2D eigenvalue weighted by atomic mass is 9.95. The number of amides is 3. The molecule has 3 heterocycles. The number of hydrogen-bond donors (Lipinski definition) is 1. The fraction of sp³-hybridized carbons (Fsp3) is 0.467. The lowest BCUT2D eigenvalue weighted by Gasteiger charge is -2.38. The summed E-state index contributed by atoms with van der Waals surface area (Å²) < 4.78 is 7.56. The monoisotopic (exact) mass is 531 g/mol. The van der Waals surface area contributed by atoms with Gasteiger partial charge >= 0.3 is 6.09 Å². The van der Waals surface area contributed by atoms with Crippen molar-refractivity contribution in [1.82, 2.24) is 19.6 Å². The Morgan fingerprint density at radius 3 is 2.31 bits per heavy atom. The molecule has 0 radical (unpaired) electrons. The Hall–Kier alpha value is -3.88. The number of ether oxygens (including phenoxy) is 1. The highest BCUT2D eigenvalue weighted by molar-refractivity contribution is 6.08. The molecule has 0 aliphatic carbocycles. The molecule has 1 aromatic heterocycles. The van der Waals surface area contributed by atoms with Crippen LogP contribution in [0.5, 0.6) is 0 Å². The van der Waals surface area contributed by atoms with Crippen LogP contribution in [0.1, 0.15) is 62.9 Å². The van der Waals surface area contributed by atoms with Crippen LogP contribution in [0, 0.1) is 5.92 Å². The van der Waals surface area contributed by atoms with Crippen molar-refractivity contribution in [3.8, 4) is 11.3 Å². The lowest BCUT2D eigenvalue weighted by Crippen LogP contribution is -2.49. The van der Waals surface area contributed by atoms with E-state index < -0.39 is 11.5 Å². The number of rotatable bonds is 4. The highest BCUT2D eigenvalue weighted by Crippen LogP contribution is 2.36. The van der Waals surface area contributed by atoms with Crippen LogP contribution in [0.15, 0.2) is 48.5 Å². The van der Waals surface area contributed by atoms with Crippen LogP contribution in [0.3, 0.4) is 0 Å². The molecule has 3 amide bonds. The topological polar surface area (TPSA) is 111 Å². The van der Waals surface area contributed by atoms with Crippen LogP contribution in [0.25, 0.3) is 22.2 Å². The third kappa shape index (κ3) is 5.62. The van der Waals surface area contributed by atoms with Crippen LogP contribution in [-0.4, -0.2) is 69.3 Å². The van der Waals surface area contributed by atoms with Crippen molar-refractivity contribution in [2.45, 2.75) is 58.1 Å². The summed E-state index contributed by atoms with van der Waals surface area (Å²) in [6.07, 6.45) is 2.70. The van der Waals surface area contributed by atoms with Gasteiger partial charge in [-0.1, -0.05) is 42.5 Å². The van der Waals surface area contributed by atoms with E-state index >= 15 is 0 Å². The predicted molar refractivity (Wildman–Crippen MR) is 149 cm³/mol. The molecule has 2 aliphatic rings. The Balaban J connectivity index is 1.33. The van der Waals surface area contributed by atoms with E-state index in [1.165, 1.54) is 0 Å². The van der Waals surface area contributed by atoms with Gasteiger partial charge in [0, 0.05) is 37.1 Å². The summed E-state index contributed by atoms with van der Waals surface area (Å²) in [6.45, 7) is 7.78. The van der Waals surface area contributed by atoms with E-state index in [1.807, 2.05) is 72.8 Å². The van der Waals surface area contributed by atoms with Crippen molar-refractivity contribution < 1.29 is 19.1 Å². The highest BCUT2D eigenvalue weighted by Gasteiger charge is 2.35. The SMILES string of the molecule is CC(C)(C)OC(=O)N1CCCC(C(=O)N2CCC(n3nc4c(C(N)=O)cccc4c3-c3ccccc3)CC2)C1. The van der Waals surface area contributed by atoms with Gasteiger partial charge in [-0.2, -0.15) is 5.10 Å². The van der Waals surface area contributed by atoms with Gasteiger partial charge in [-0.3, -0.25) is 14.3 Å². The van der Waals surface area contributed by atoms with Gasteiger partial charge in [0.25, 0.3) is 5.91 Å². The molecule has 1 atom stereocenters. The number of piperidine rings is 2. The molecule has 9 nitrogen and oxygen atoms in total. The largest absolute Gasteiger partial charge is 0.444 e. The Bertz CT molecular complexity index is 1370. The third-order valence-corrected chi connectivity index (χ3v) is 7.59. The van der Waals surface area contributed by atoms with E-state index in [9.17, 15) is 14.4 Å². The van der Waals surface area contributed by atoms with E-state index in [0.717, 1.165) is 42.3 Å². The molecule has 0 bridgehead atoms. The minimum Gasteiger partial charge on any atom is -0.444 e. The first-order valence-electron chi connectivity index (χ1n) is 13.8. The molecule has 206 valence electrons. The van der Waals surface area contributed by atoms with Gasteiger partial charge in [-0.05, 0) is 52.5 Å². The standard InChI is InChI=1S/C30H37N5O4/c1-30(2,3)39-29(38)34-16-8-11-21(19-34)28(37)33-17-14-22(15-18-33)35-26(20-9-5-4-6-10-20)23-12-7-13-24(27(31)36)25(23)32-35/h4-7,9-10,12-13,21-22H,8,11,14-19H2,1-3H3,(H2,31,36). The van der Waals surface area contributed by atoms with Crippen LogP contribution in [0.4, 0.5) is 4.79 Å². The van der Waals surface area contributed by atoms with Crippen molar-refractivity contribution in [3.05, 3.63) is 54.1 Å². The summed E-state index contributed by atoms with van der Waals surface area (Å²) in [6, 6.07) is 15.6. The molecule has 2 saturated heterocycles. The number of nitrogens with zero attached hydrogens (tertiary/aromatic N) is 4. The average molecular weight is 532 g/mol. The van der Waals surface area contributed by atoms with Crippen molar-refractivity contribution in [3.63, 3.8) is 0 Å². The van der Waals surface area contributed by atoms with E-state index in [-0.39, 0.29) is 24.0 Å². The van der Waals surface area contributed by atoms with Crippen LogP contribution in [-0.2, 0) is 9.53 Å². The summed E-state index contributed by atoms with van der Waals surface area (Å²) in [4.78, 5) is 41.8. The molecule has 39 heavy (non-hydrogen) atoms. The molecule has 2 aromatic carbocycles. The molecular formula is C30H37N5O4. The van der Waals surface area contributed by atoms with Gasteiger partial charge in [-0.15, -0.1) is 0 Å². The summed E-state index contributed by atoms with van der Waals surface area (Å²) in [5.74, 6) is -0.613. The molecule has 3 aromatic rings. The molecular weight excluding hydrogens is 494 g/mol. The first kappa shape index (κ1) is 26.7. The Kier molecular flexibility index (Phi) is 7.34. The molecule has 9 heteroatoms. The first-order chi connectivity index (χ1) is 18.6. The second-order valence-corrected chi connectivity index (χ2v) is 11.5. The highest BCUT2D eigenvalue weighted by atomic mass is 16.6. The lowest BCUT2D eigenvalue weighted by molar-refractivity contribution is -0.138. The third-order valence-electron chi connectivity index (χ3n) is 7.59. The average Bonchev–Trinajstić information content (AvgIpc) is 3.32. The van der Waals surface area contributed by atoms with Gasteiger partial charge in [0.1, 0.15) is 11.1 Å². The number of aromatic nitrogens is 2. The molecule has 5 rings (SSSR count). The number of carbonyl (C=O) groups excluding carboxylic acids is 3. The molecule has 2 N–H and O–H groups in total. The number of fused-ring (bicyclic) bond motifs is 1. The summed E-state index contributed by atoms with van der Waals surface area (Å²) in [5, 5.41) is 5.80. The van der Waals surface area contributed by atoms with Gasteiger partial charge < -0.3 is 20.3 Å². The Labute approximate surface area is 228 Å². The quantitative estimate of drug-likeness (QED) is 0.529. The maximum atomic E-state index is 13.5. The minimum atomic E-state index is -0.565. The van der Waals surface area contributed by atoms with Crippen molar-refractivity contribution in [2.75, 3.05) is 26.2 Å². The second-order valence-electron chi connectivity index (χ2n) is 11.5. The maximum Gasteiger partial charge on any atom is 0.410 e. The first-order valence-corrected chi connectivity index (χ1v) is 13.8. The zero-order valence-corrected chi connectivity index (χ0v) is 22.9.